The molecule has 0 aliphatic carbocycles. The standard InChI is InChI=1S/C12H16ClFN2/c1-8-5-10(13)11(14)6-12(8)16-4-3-15-7-9(16)2/h5-6,9,15H,3-4,7H2,1-2H3/t9-/m0/s1. The summed E-state index contributed by atoms with van der Waals surface area (Å²) in [4.78, 5) is 2.23. The van der Waals surface area contributed by atoms with Gasteiger partial charge in [-0.3, -0.25) is 0 Å². The minimum Gasteiger partial charge on any atom is -0.366 e. The Morgan fingerprint density at radius 3 is 2.94 bits per heavy atom. The molecule has 1 aliphatic heterocycles. The van der Waals surface area contributed by atoms with Crippen molar-refractivity contribution in [1.82, 2.24) is 5.32 Å². The van der Waals surface area contributed by atoms with E-state index in [2.05, 4.69) is 17.1 Å². The Morgan fingerprint density at radius 2 is 2.25 bits per heavy atom. The minimum atomic E-state index is -0.340. The number of nitrogens with zero attached hydrogens (tertiary/aromatic N) is 1. The first-order valence-electron chi connectivity index (χ1n) is 5.52. The Bertz CT molecular complexity index is 395. The number of benzene rings is 1. The molecule has 1 aromatic carbocycles. The molecule has 0 unspecified atom stereocenters. The maximum absolute atomic E-state index is 13.5. The fourth-order valence-corrected chi connectivity index (χ4v) is 2.36. The Kier molecular flexibility index (Phi) is 3.36. The fourth-order valence-electron chi connectivity index (χ4n) is 2.14. The lowest BCUT2D eigenvalue weighted by molar-refractivity contribution is 0.499. The van der Waals surface area contributed by atoms with Gasteiger partial charge in [-0.2, -0.15) is 0 Å². The molecule has 1 aliphatic rings. The highest BCUT2D eigenvalue weighted by molar-refractivity contribution is 6.30. The van der Waals surface area contributed by atoms with Crippen LogP contribution in [-0.4, -0.2) is 25.7 Å². The normalized spacial score (nSPS) is 21.2. The van der Waals surface area contributed by atoms with E-state index in [4.69, 9.17) is 11.6 Å². The highest BCUT2D eigenvalue weighted by Crippen LogP contribution is 2.28. The van der Waals surface area contributed by atoms with E-state index < -0.39 is 0 Å². The van der Waals surface area contributed by atoms with Crippen LogP contribution in [0, 0.1) is 12.7 Å². The summed E-state index contributed by atoms with van der Waals surface area (Å²) >= 11 is 5.76. The van der Waals surface area contributed by atoms with E-state index in [9.17, 15) is 4.39 Å². The van der Waals surface area contributed by atoms with Crippen LogP contribution in [0.2, 0.25) is 5.02 Å². The molecule has 2 rings (SSSR count). The second-order valence-corrected chi connectivity index (χ2v) is 4.71. The zero-order chi connectivity index (χ0) is 11.7. The summed E-state index contributed by atoms with van der Waals surface area (Å²) in [6, 6.07) is 3.62. The van der Waals surface area contributed by atoms with E-state index in [1.54, 1.807) is 12.1 Å². The summed E-state index contributed by atoms with van der Waals surface area (Å²) in [7, 11) is 0. The zero-order valence-corrected chi connectivity index (χ0v) is 10.3. The van der Waals surface area contributed by atoms with E-state index in [0.717, 1.165) is 30.9 Å². The van der Waals surface area contributed by atoms with Crippen molar-refractivity contribution in [2.45, 2.75) is 19.9 Å². The monoisotopic (exact) mass is 242 g/mol. The van der Waals surface area contributed by atoms with E-state index in [1.807, 2.05) is 6.92 Å². The first-order chi connectivity index (χ1) is 7.59. The summed E-state index contributed by atoms with van der Waals surface area (Å²) in [5.41, 5.74) is 1.98. The van der Waals surface area contributed by atoms with Gasteiger partial charge in [0.15, 0.2) is 0 Å². The summed E-state index contributed by atoms with van der Waals surface area (Å²) in [5.74, 6) is -0.340. The van der Waals surface area contributed by atoms with Gasteiger partial charge in [0.25, 0.3) is 0 Å². The largest absolute Gasteiger partial charge is 0.366 e. The van der Waals surface area contributed by atoms with Crippen LogP contribution in [0.4, 0.5) is 10.1 Å². The minimum absolute atomic E-state index is 0.198. The third-order valence-corrected chi connectivity index (χ3v) is 3.34. The Hall–Kier alpha value is -0.800. The average molecular weight is 243 g/mol. The average Bonchev–Trinajstić information content (AvgIpc) is 2.25. The van der Waals surface area contributed by atoms with Crippen LogP contribution >= 0.6 is 11.6 Å². The number of hydrogen-bond acceptors (Lipinski definition) is 2. The van der Waals surface area contributed by atoms with Gasteiger partial charge >= 0.3 is 0 Å². The van der Waals surface area contributed by atoms with Gasteiger partial charge in [0, 0.05) is 31.4 Å². The second-order valence-electron chi connectivity index (χ2n) is 4.30. The van der Waals surface area contributed by atoms with Crippen LogP contribution in [0.5, 0.6) is 0 Å². The fraction of sp³-hybridized carbons (Fsp3) is 0.500. The Balaban J connectivity index is 2.35. The molecule has 0 amide bonds. The predicted molar refractivity (Wildman–Crippen MR) is 65.8 cm³/mol. The Morgan fingerprint density at radius 1 is 1.50 bits per heavy atom. The topological polar surface area (TPSA) is 15.3 Å². The molecule has 0 radical (unpaired) electrons. The molecular weight excluding hydrogens is 227 g/mol. The van der Waals surface area contributed by atoms with Gasteiger partial charge in [0.2, 0.25) is 0 Å². The molecule has 88 valence electrons. The Labute approximate surface area is 100 Å². The number of aryl methyl sites for hydroxylation is 1. The number of anilines is 1. The van der Waals surface area contributed by atoms with Crippen LogP contribution in [0.3, 0.4) is 0 Å². The molecule has 0 saturated carbocycles. The predicted octanol–water partition coefficient (Wildman–Crippen LogP) is 2.59. The summed E-state index contributed by atoms with van der Waals surface area (Å²) in [6.07, 6.45) is 0. The van der Waals surface area contributed by atoms with Gasteiger partial charge in [-0.25, -0.2) is 4.39 Å². The van der Waals surface area contributed by atoms with E-state index in [0.29, 0.717) is 6.04 Å². The van der Waals surface area contributed by atoms with Crippen LogP contribution in [-0.2, 0) is 0 Å². The maximum Gasteiger partial charge on any atom is 0.143 e. The summed E-state index contributed by atoms with van der Waals surface area (Å²) in [5, 5.41) is 3.52. The van der Waals surface area contributed by atoms with Crippen LogP contribution in [0.25, 0.3) is 0 Å². The van der Waals surface area contributed by atoms with Gasteiger partial charge in [-0.15, -0.1) is 0 Å². The number of nitrogens with one attached hydrogen (secondary N) is 1. The van der Waals surface area contributed by atoms with Crippen molar-refractivity contribution in [3.63, 3.8) is 0 Å². The van der Waals surface area contributed by atoms with E-state index >= 15 is 0 Å². The highest BCUT2D eigenvalue weighted by atomic mass is 35.5. The van der Waals surface area contributed by atoms with Crippen LogP contribution in [0.15, 0.2) is 12.1 Å². The third-order valence-electron chi connectivity index (χ3n) is 3.05. The van der Waals surface area contributed by atoms with Gasteiger partial charge in [0.1, 0.15) is 5.82 Å². The second kappa shape index (κ2) is 4.60. The van der Waals surface area contributed by atoms with Gasteiger partial charge < -0.3 is 10.2 Å². The SMILES string of the molecule is Cc1cc(Cl)c(F)cc1N1CCNC[C@@H]1C. The first-order valence-corrected chi connectivity index (χ1v) is 5.90. The number of halogens is 2. The van der Waals surface area contributed by atoms with Gasteiger partial charge in [-0.1, -0.05) is 11.6 Å². The molecule has 1 N–H and O–H groups in total. The van der Waals surface area contributed by atoms with Gasteiger partial charge in [0.05, 0.1) is 5.02 Å². The smallest absolute Gasteiger partial charge is 0.143 e. The van der Waals surface area contributed by atoms with E-state index in [-0.39, 0.29) is 10.8 Å². The molecule has 1 saturated heterocycles. The molecule has 0 spiro atoms. The van der Waals surface area contributed by atoms with Crippen molar-refractivity contribution in [3.8, 4) is 0 Å². The molecule has 1 heterocycles. The lowest BCUT2D eigenvalue weighted by atomic mass is 10.1. The third kappa shape index (κ3) is 2.15. The summed E-state index contributed by atoms with van der Waals surface area (Å²) < 4.78 is 13.5. The summed E-state index contributed by atoms with van der Waals surface area (Å²) in [6.45, 7) is 6.88. The molecule has 16 heavy (non-hydrogen) atoms. The molecular formula is C12H16ClFN2. The van der Waals surface area contributed by atoms with E-state index in [1.165, 1.54) is 0 Å². The number of piperazine rings is 1. The molecule has 0 bridgehead atoms. The number of hydrogen-bond donors (Lipinski definition) is 1. The lowest BCUT2D eigenvalue weighted by Crippen LogP contribution is -2.50. The molecule has 1 aromatic rings. The van der Waals surface area contributed by atoms with Crippen molar-refractivity contribution in [1.29, 1.82) is 0 Å². The van der Waals surface area contributed by atoms with Crippen molar-refractivity contribution in [3.05, 3.63) is 28.5 Å². The lowest BCUT2D eigenvalue weighted by Gasteiger charge is -2.36. The highest BCUT2D eigenvalue weighted by Gasteiger charge is 2.20. The molecule has 2 nitrogen and oxygen atoms in total. The maximum atomic E-state index is 13.5. The van der Waals surface area contributed by atoms with Crippen LogP contribution < -0.4 is 10.2 Å². The quantitative estimate of drug-likeness (QED) is 0.815. The van der Waals surface area contributed by atoms with Crippen molar-refractivity contribution < 1.29 is 4.39 Å². The molecule has 1 fully saturated rings. The molecule has 4 heteroatoms. The zero-order valence-electron chi connectivity index (χ0n) is 9.56. The first kappa shape index (κ1) is 11.7. The molecule has 1 atom stereocenters. The van der Waals surface area contributed by atoms with Crippen molar-refractivity contribution in [2.24, 2.45) is 0 Å². The molecule has 0 aromatic heterocycles. The van der Waals surface area contributed by atoms with Gasteiger partial charge in [-0.05, 0) is 31.5 Å². The number of rotatable bonds is 1. The van der Waals surface area contributed by atoms with Crippen molar-refractivity contribution >= 4 is 17.3 Å². The van der Waals surface area contributed by atoms with Crippen molar-refractivity contribution in [2.75, 3.05) is 24.5 Å². The van der Waals surface area contributed by atoms with Crippen LogP contribution in [0.1, 0.15) is 12.5 Å².